The topological polar surface area (TPSA) is 73.3 Å². The number of methoxy groups -OCH3 is 2. The average molecular weight is 405 g/mol. The summed E-state index contributed by atoms with van der Waals surface area (Å²) in [5, 5.41) is 3.85. The first-order valence-electron chi connectivity index (χ1n) is 8.96. The number of thiazole rings is 1. The van der Waals surface area contributed by atoms with Crippen molar-refractivity contribution in [3.05, 3.63) is 65.9 Å². The molecular weight excluding hydrogens is 386 g/mol. The molecule has 0 fully saturated rings. The number of aromatic nitrogens is 2. The number of benzene rings is 2. The van der Waals surface area contributed by atoms with Gasteiger partial charge >= 0.3 is 0 Å². The summed E-state index contributed by atoms with van der Waals surface area (Å²) in [7, 11) is 3.06. The standard InChI is InChI=1S/C22H19N3O3S/c1-13-14(21-25-17-10-6-12-23-22(17)29-21)7-4-9-16(13)24-20(26)15-8-5-11-18(27-2)19(15)28-3/h4-12H,1-3H3,(H,24,26). The van der Waals surface area contributed by atoms with Crippen molar-refractivity contribution >= 4 is 33.3 Å². The largest absolute Gasteiger partial charge is 0.493 e. The number of para-hydroxylation sites is 1. The third kappa shape index (κ3) is 3.52. The molecule has 0 unspecified atom stereocenters. The molecule has 0 aliphatic heterocycles. The highest BCUT2D eigenvalue weighted by Crippen LogP contribution is 2.35. The van der Waals surface area contributed by atoms with E-state index in [9.17, 15) is 4.79 Å². The van der Waals surface area contributed by atoms with Crippen molar-refractivity contribution in [3.63, 3.8) is 0 Å². The fourth-order valence-corrected chi connectivity index (χ4v) is 4.13. The molecule has 29 heavy (non-hydrogen) atoms. The first-order valence-corrected chi connectivity index (χ1v) is 9.78. The first kappa shape index (κ1) is 18.9. The minimum atomic E-state index is -0.271. The zero-order chi connectivity index (χ0) is 20.4. The van der Waals surface area contributed by atoms with Gasteiger partial charge in [0.1, 0.15) is 15.4 Å². The number of hydrogen-bond acceptors (Lipinski definition) is 6. The summed E-state index contributed by atoms with van der Waals surface area (Å²) in [5.41, 5.74) is 3.87. The molecule has 0 aliphatic rings. The maximum absolute atomic E-state index is 12.9. The molecule has 0 bridgehead atoms. The molecule has 0 radical (unpaired) electrons. The van der Waals surface area contributed by atoms with Crippen LogP contribution in [0.5, 0.6) is 11.5 Å². The molecule has 0 saturated carbocycles. The van der Waals surface area contributed by atoms with Crippen molar-refractivity contribution in [2.75, 3.05) is 19.5 Å². The zero-order valence-electron chi connectivity index (χ0n) is 16.2. The van der Waals surface area contributed by atoms with Crippen LogP contribution in [0.25, 0.3) is 20.9 Å². The van der Waals surface area contributed by atoms with E-state index in [0.717, 1.165) is 26.5 Å². The van der Waals surface area contributed by atoms with E-state index in [1.54, 1.807) is 31.5 Å². The van der Waals surface area contributed by atoms with Crippen LogP contribution in [0, 0.1) is 6.92 Å². The van der Waals surface area contributed by atoms with Gasteiger partial charge in [0.15, 0.2) is 11.5 Å². The maximum atomic E-state index is 12.9. The summed E-state index contributed by atoms with van der Waals surface area (Å²) < 4.78 is 10.7. The summed E-state index contributed by atoms with van der Waals surface area (Å²) in [5.74, 6) is 0.637. The van der Waals surface area contributed by atoms with Crippen LogP contribution in [0.2, 0.25) is 0 Å². The van der Waals surface area contributed by atoms with E-state index in [-0.39, 0.29) is 5.91 Å². The van der Waals surface area contributed by atoms with E-state index < -0.39 is 0 Å². The summed E-state index contributed by atoms with van der Waals surface area (Å²) in [6, 6.07) is 14.8. The Morgan fingerprint density at radius 3 is 2.62 bits per heavy atom. The van der Waals surface area contributed by atoms with E-state index >= 15 is 0 Å². The molecule has 146 valence electrons. The number of ether oxygens (including phenoxy) is 2. The number of amides is 1. The average Bonchev–Trinajstić information content (AvgIpc) is 3.18. The maximum Gasteiger partial charge on any atom is 0.259 e. The van der Waals surface area contributed by atoms with Gasteiger partial charge < -0.3 is 14.8 Å². The summed E-state index contributed by atoms with van der Waals surface area (Å²) in [6.45, 7) is 1.97. The third-order valence-corrected chi connectivity index (χ3v) is 5.64. The van der Waals surface area contributed by atoms with E-state index in [1.807, 2.05) is 37.3 Å². The van der Waals surface area contributed by atoms with Gasteiger partial charge in [0, 0.05) is 17.4 Å². The number of fused-ring (bicyclic) bond motifs is 1. The number of carbonyl (C=O) groups excluding carboxylic acids is 1. The van der Waals surface area contributed by atoms with Crippen LogP contribution >= 0.6 is 11.3 Å². The second kappa shape index (κ2) is 7.89. The zero-order valence-corrected chi connectivity index (χ0v) is 17.0. The second-order valence-corrected chi connectivity index (χ2v) is 7.30. The lowest BCUT2D eigenvalue weighted by Crippen LogP contribution is -2.14. The van der Waals surface area contributed by atoms with Gasteiger partial charge in [-0.05, 0) is 42.8 Å². The normalized spacial score (nSPS) is 10.7. The Kier molecular flexibility index (Phi) is 5.14. The van der Waals surface area contributed by atoms with Crippen molar-refractivity contribution in [2.24, 2.45) is 0 Å². The summed E-state index contributed by atoms with van der Waals surface area (Å²) in [4.78, 5) is 22.9. The molecule has 2 aromatic carbocycles. The smallest absolute Gasteiger partial charge is 0.259 e. The molecule has 0 aliphatic carbocycles. The molecule has 1 N–H and O–H groups in total. The second-order valence-electron chi connectivity index (χ2n) is 6.32. The predicted molar refractivity (Wildman–Crippen MR) is 115 cm³/mol. The van der Waals surface area contributed by atoms with Gasteiger partial charge in [-0.2, -0.15) is 0 Å². The van der Waals surface area contributed by atoms with Crippen molar-refractivity contribution in [2.45, 2.75) is 6.92 Å². The monoisotopic (exact) mass is 405 g/mol. The van der Waals surface area contributed by atoms with Crippen LogP contribution in [-0.2, 0) is 0 Å². The number of hydrogen-bond donors (Lipinski definition) is 1. The van der Waals surface area contributed by atoms with Crippen LogP contribution < -0.4 is 14.8 Å². The molecule has 0 atom stereocenters. The van der Waals surface area contributed by atoms with Crippen molar-refractivity contribution < 1.29 is 14.3 Å². The Hall–Kier alpha value is -3.45. The van der Waals surface area contributed by atoms with Gasteiger partial charge in [-0.3, -0.25) is 4.79 Å². The number of carbonyl (C=O) groups is 1. The van der Waals surface area contributed by atoms with Gasteiger partial charge in [0.25, 0.3) is 5.91 Å². The molecule has 2 heterocycles. The molecular formula is C22H19N3O3S. The van der Waals surface area contributed by atoms with E-state index in [2.05, 4.69) is 15.3 Å². The number of pyridine rings is 1. The van der Waals surface area contributed by atoms with E-state index in [0.29, 0.717) is 22.7 Å². The van der Waals surface area contributed by atoms with Gasteiger partial charge in [-0.25, -0.2) is 9.97 Å². The minimum absolute atomic E-state index is 0.271. The Morgan fingerprint density at radius 2 is 1.86 bits per heavy atom. The summed E-state index contributed by atoms with van der Waals surface area (Å²) >= 11 is 1.53. The van der Waals surface area contributed by atoms with Gasteiger partial charge in [-0.1, -0.05) is 29.5 Å². The quantitative estimate of drug-likeness (QED) is 0.509. The predicted octanol–water partition coefficient (Wildman–Crippen LogP) is 4.94. The molecule has 0 saturated heterocycles. The lowest BCUT2D eigenvalue weighted by molar-refractivity contribution is 0.102. The number of rotatable bonds is 5. The SMILES string of the molecule is COc1cccc(C(=O)Nc2cccc(-c3nc4cccnc4s3)c2C)c1OC. The number of anilines is 1. The number of nitrogens with one attached hydrogen (secondary N) is 1. The van der Waals surface area contributed by atoms with Crippen LogP contribution in [0.1, 0.15) is 15.9 Å². The molecule has 4 aromatic rings. The van der Waals surface area contributed by atoms with Gasteiger partial charge in [0.05, 0.1) is 19.8 Å². The molecule has 2 aromatic heterocycles. The highest BCUT2D eigenvalue weighted by molar-refractivity contribution is 7.21. The van der Waals surface area contributed by atoms with Crippen molar-refractivity contribution in [1.82, 2.24) is 9.97 Å². The highest BCUT2D eigenvalue weighted by atomic mass is 32.1. The fourth-order valence-electron chi connectivity index (χ4n) is 3.14. The van der Waals surface area contributed by atoms with Crippen molar-refractivity contribution in [1.29, 1.82) is 0 Å². The first-order chi connectivity index (χ1) is 14.1. The molecule has 7 heteroatoms. The van der Waals surface area contributed by atoms with E-state index in [4.69, 9.17) is 9.47 Å². The Labute approximate surface area is 172 Å². The fraction of sp³-hybridized carbons (Fsp3) is 0.136. The van der Waals surface area contributed by atoms with Crippen LogP contribution in [-0.4, -0.2) is 30.1 Å². The highest BCUT2D eigenvalue weighted by Gasteiger charge is 2.18. The third-order valence-electron chi connectivity index (χ3n) is 4.63. The Bertz CT molecular complexity index is 1170. The number of nitrogens with zero attached hydrogens (tertiary/aromatic N) is 2. The molecule has 6 nitrogen and oxygen atoms in total. The molecule has 0 spiro atoms. The Morgan fingerprint density at radius 1 is 1.03 bits per heavy atom. The lowest BCUT2D eigenvalue weighted by Gasteiger charge is -2.14. The summed E-state index contributed by atoms with van der Waals surface area (Å²) in [6.07, 6.45) is 1.76. The minimum Gasteiger partial charge on any atom is -0.493 e. The van der Waals surface area contributed by atoms with Crippen molar-refractivity contribution in [3.8, 4) is 22.1 Å². The Balaban J connectivity index is 1.69. The van der Waals surface area contributed by atoms with Gasteiger partial charge in [0.2, 0.25) is 0 Å². The molecule has 4 rings (SSSR count). The van der Waals surface area contributed by atoms with Gasteiger partial charge in [-0.15, -0.1) is 0 Å². The lowest BCUT2D eigenvalue weighted by atomic mass is 10.1. The van der Waals surface area contributed by atoms with E-state index in [1.165, 1.54) is 18.4 Å². The van der Waals surface area contributed by atoms with Crippen LogP contribution in [0.3, 0.4) is 0 Å². The van der Waals surface area contributed by atoms with Crippen LogP contribution in [0.4, 0.5) is 5.69 Å². The van der Waals surface area contributed by atoms with Crippen LogP contribution in [0.15, 0.2) is 54.7 Å². The molecule has 1 amide bonds.